The van der Waals surface area contributed by atoms with Crippen LogP contribution >= 0.6 is 35.3 Å². The van der Waals surface area contributed by atoms with E-state index in [0.29, 0.717) is 13.0 Å². The fourth-order valence-electron chi connectivity index (χ4n) is 3.42. The van der Waals surface area contributed by atoms with Gasteiger partial charge in [0.15, 0.2) is 11.1 Å². The first kappa shape index (κ1) is 23.3. The smallest absolute Gasteiger partial charge is 0.227 e. The topological polar surface area (TPSA) is 81.7 Å². The highest BCUT2D eigenvalue weighted by atomic mass is 127. The number of amides is 1. The molecule has 0 saturated carbocycles. The van der Waals surface area contributed by atoms with E-state index in [9.17, 15) is 4.79 Å². The van der Waals surface area contributed by atoms with E-state index in [0.717, 1.165) is 53.9 Å². The van der Waals surface area contributed by atoms with Crippen LogP contribution < -0.4 is 20.9 Å². The molecule has 0 unspecified atom stereocenters. The number of carbonyl (C=O) groups excluding carboxylic acids is 1. The second-order valence-electron chi connectivity index (χ2n) is 7.08. The molecular weight excluding hydrogens is 523 g/mol. The van der Waals surface area contributed by atoms with Gasteiger partial charge in [0, 0.05) is 45.3 Å². The summed E-state index contributed by atoms with van der Waals surface area (Å²) >= 11 is 1.66. The molecule has 1 amide bonds. The molecule has 1 aliphatic rings. The van der Waals surface area contributed by atoms with E-state index in [2.05, 4.69) is 44.1 Å². The number of rotatable bonds is 7. The zero-order valence-electron chi connectivity index (χ0n) is 17.4. The molecule has 0 bridgehead atoms. The van der Waals surface area contributed by atoms with Crippen LogP contribution in [0.1, 0.15) is 18.4 Å². The van der Waals surface area contributed by atoms with Crippen LogP contribution in [-0.2, 0) is 11.3 Å². The Bertz CT molecular complexity index is 1000. The quantitative estimate of drug-likeness (QED) is 0.181. The Morgan fingerprint density at radius 3 is 2.65 bits per heavy atom. The summed E-state index contributed by atoms with van der Waals surface area (Å²) in [4.78, 5) is 22.6. The molecule has 0 atom stereocenters. The highest BCUT2D eigenvalue weighted by Crippen LogP contribution is 2.25. The standard InChI is InChI=1S/C22H26N6OS.HI/c1-23-21(24-12-13-25-22-27-18-5-2-3-6-19(18)30-22)26-15-16-8-10-17(11-9-16)28-14-4-7-20(28)29;/h2-3,5-6,8-11H,4,7,12-15H2,1H3,(H,25,27)(H2,23,24,26);1H. The van der Waals surface area contributed by atoms with Gasteiger partial charge in [-0.1, -0.05) is 35.6 Å². The second-order valence-corrected chi connectivity index (χ2v) is 8.11. The van der Waals surface area contributed by atoms with Gasteiger partial charge in [-0.05, 0) is 36.2 Å². The number of fused-ring (bicyclic) bond motifs is 1. The minimum Gasteiger partial charge on any atom is -0.360 e. The van der Waals surface area contributed by atoms with E-state index in [-0.39, 0.29) is 29.9 Å². The molecule has 3 aromatic rings. The number of nitrogens with one attached hydrogen (secondary N) is 3. The third-order valence-corrected chi connectivity index (χ3v) is 5.99. The van der Waals surface area contributed by atoms with Gasteiger partial charge in [0.05, 0.1) is 10.2 Å². The lowest BCUT2D eigenvalue weighted by Crippen LogP contribution is -2.39. The molecule has 4 rings (SSSR count). The summed E-state index contributed by atoms with van der Waals surface area (Å²) in [7, 11) is 1.76. The van der Waals surface area contributed by atoms with Crippen molar-refractivity contribution in [2.45, 2.75) is 19.4 Å². The first-order valence-electron chi connectivity index (χ1n) is 10.2. The number of para-hydroxylation sites is 1. The fourth-order valence-corrected chi connectivity index (χ4v) is 4.31. The number of guanidine groups is 1. The fraction of sp³-hybridized carbons (Fsp3) is 0.318. The predicted molar refractivity (Wildman–Crippen MR) is 140 cm³/mol. The summed E-state index contributed by atoms with van der Waals surface area (Å²) in [6.07, 6.45) is 1.59. The van der Waals surface area contributed by atoms with Crippen LogP contribution in [0.3, 0.4) is 0 Å². The zero-order chi connectivity index (χ0) is 20.8. The maximum Gasteiger partial charge on any atom is 0.227 e. The molecule has 164 valence electrons. The van der Waals surface area contributed by atoms with Crippen molar-refractivity contribution in [2.75, 3.05) is 36.9 Å². The van der Waals surface area contributed by atoms with Gasteiger partial charge >= 0.3 is 0 Å². The highest BCUT2D eigenvalue weighted by Gasteiger charge is 2.21. The molecule has 0 radical (unpaired) electrons. The summed E-state index contributed by atoms with van der Waals surface area (Å²) in [5.41, 5.74) is 3.14. The first-order chi connectivity index (χ1) is 14.7. The van der Waals surface area contributed by atoms with E-state index in [1.165, 1.54) is 4.70 Å². The number of benzene rings is 2. The van der Waals surface area contributed by atoms with E-state index in [1.807, 2.05) is 35.2 Å². The van der Waals surface area contributed by atoms with Gasteiger partial charge in [-0.25, -0.2) is 4.98 Å². The molecule has 3 N–H and O–H groups in total. The number of anilines is 2. The number of nitrogens with zero attached hydrogens (tertiary/aromatic N) is 3. The molecule has 9 heteroatoms. The predicted octanol–water partition coefficient (Wildman–Crippen LogP) is 3.82. The van der Waals surface area contributed by atoms with Crippen LogP contribution in [0.4, 0.5) is 10.8 Å². The Balaban J connectivity index is 0.00000272. The Kier molecular flexibility index (Phi) is 8.47. The molecule has 2 aromatic carbocycles. The van der Waals surface area contributed by atoms with Crippen LogP contribution in [-0.4, -0.2) is 43.5 Å². The van der Waals surface area contributed by atoms with Crippen molar-refractivity contribution in [1.29, 1.82) is 0 Å². The molecule has 7 nitrogen and oxygen atoms in total. The Morgan fingerprint density at radius 2 is 1.94 bits per heavy atom. The van der Waals surface area contributed by atoms with Crippen molar-refractivity contribution >= 4 is 68.2 Å². The van der Waals surface area contributed by atoms with Crippen LogP contribution in [0.2, 0.25) is 0 Å². The van der Waals surface area contributed by atoms with Crippen LogP contribution in [0.15, 0.2) is 53.5 Å². The maximum atomic E-state index is 11.9. The minimum absolute atomic E-state index is 0. The summed E-state index contributed by atoms with van der Waals surface area (Å²) in [6, 6.07) is 16.3. The lowest BCUT2D eigenvalue weighted by molar-refractivity contribution is -0.117. The highest BCUT2D eigenvalue weighted by molar-refractivity contribution is 14.0. The average molecular weight is 550 g/mol. The van der Waals surface area contributed by atoms with Crippen molar-refractivity contribution in [3.05, 3.63) is 54.1 Å². The third-order valence-electron chi connectivity index (χ3n) is 4.99. The molecule has 31 heavy (non-hydrogen) atoms. The lowest BCUT2D eigenvalue weighted by Gasteiger charge is -2.16. The molecule has 2 heterocycles. The summed E-state index contributed by atoms with van der Waals surface area (Å²) < 4.78 is 1.19. The number of thiazole rings is 1. The Labute approximate surface area is 203 Å². The van der Waals surface area contributed by atoms with E-state index in [1.54, 1.807) is 18.4 Å². The Hall–Kier alpha value is -2.40. The van der Waals surface area contributed by atoms with E-state index >= 15 is 0 Å². The number of hydrogen-bond donors (Lipinski definition) is 3. The summed E-state index contributed by atoms with van der Waals surface area (Å²) in [6.45, 7) is 2.96. The summed E-state index contributed by atoms with van der Waals surface area (Å²) in [5, 5.41) is 10.9. The van der Waals surface area contributed by atoms with Gasteiger partial charge in [0.25, 0.3) is 0 Å². The van der Waals surface area contributed by atoms with Crippen LogP contribution in [0.25, 0.3) is 10.2 Å². The number of hydrogen-bond acceptors (Lipinski definition) is 5. The molecular formula is C22H27IN6OS. The maximum absolute atomic E-state index is 11.9. The largest absolute Gasteiger partial charge is 0.360 e. The van der Waals surface area contributed by atoms with Crippen LogP contribution in [0.5, 0.6) is 0 Å². The van der Waals surface area contributed by atoms with Crippen molar-refractivity contribution in [3.63, 3.8) is 0 Å². The molecule has 0 spiro atoms. The third kappa shape index (κ3) is 6.07. The molecule has 1 aromatic heterocycles. The molecule has 0 aliphatic carbocycles. The average Bonchev–Trinajstić information content (AvgIpc) is 3.39. The minimum atomic E-state index is 0. The second kappa shape index (κ2) is 11.3. The van der Waals surface area contributed by atoms with Gasteiger partial charge in [-0.15, -0.1) is 24.0 Å². The molecule has 1 aliphatic heterocycles. The van der Waals surface area contributed by atoms with Crippen molar-refractivity contribution in [1.82, 2.24) is 15.6 Å². The first-order valence-corrected chi connectivity index (χ1v) is 11.0. The SMILES string of the molecule is CN=C(NCCNc1nc2ccccc2s1)NCc1ccc(N2CCCC2=O)cc1.I. The van der Waals surface area contributed by atoms with Gasteiger partial charge in [0.2, 0.25) is 5.91 Å². The van der Waals surface area contributed by atoms with Gasteiger partial charge in [-0.2, -0.15) is 0 Å². The normalized spacial score (nSPS) is 13.9. The van der Waals surface area contributed by atoms with Crippen molar-refractivity contribution in [2.24, 2.45) is 4.99 Å². The van der Waals surface area contributed by atoms with E-state index < -0.39 is 0 Å². The van der Waals surface area contributed by atoms with Gasteiger partial charge in [0.1, 0.15) is 0 Å². The van der Waals surface area contributed by atoms with Crippen LogP contribution in [0, 0.1) is 0 Å². The van der Waals surface area contributed by atoms with Crippen molar-refractivity contribution in [3.8, 4) is 0 Å². The zero-order valence-corrected chi connectivity index (χ0v) is 20.6. The number of carbonyl (C=O) groups is 1. The summed E-state index contributed by atoms with van der Waals surface area (Å²) in [5.74, 6) is 0.963. The number of aliphatic imine (C=N–C) groups is 1. The van der Waals surface area contributed by atoms with Crippen molar-refractivity contribution < 1.29 is 4.79 Å². The molecule has 1 fully saturated rings. The number of halogens is 1. The number of aromatic nitrogens is 1. The molecule has 1 saturated heterocycles. The van der Waals surface area contributed by atoms with E-state index in [4.69, 9.17) is 0 Å². The Morgan fingerprint density at radius 1 is 1.13 bits per heavy atom. The monoisotopic (exact) mass is 550 g/mol. The van der Waals surface area contributed by atoms with Gasteiger partial charge in [-0.3, -0.25) is 9.79 Å². The lowest BCUT2D eigenvalue weighted by atomic mass is 10.2. The van der Waals surface area contributed by atoms with Gasteiger partial charge < -0.3 is 20.9 Å².